The van der Waals surface area contributed by atoms with Gasteiger partial charge in [0.15, 0.2) is 0 Å². The molecule has 0 saturated heterocycles. The van der Waals surface area contributed by atoms with Gasteiger partial charge in [-0.05, 0) is 133 Å². The summed E-state index contributed by atoms with van der Waals surface area (Å²) in [6.45, 7) is 9.16. The van der Waals surface area contributed by atoms with E-state index in [1.54, 1.807) is 65.0 Å². The van der Waals surface area contributed by atoms with Gasteiger partial charge in [0.05, 0.1) is 12.7 Å². The summed E-state index contributed by atoms with van der Waals surface area (Å²) < 4.78 is 11.4. The molecule has 4 aliphatic carbocycles. The lowest BCUT2D eigenvalue weighted by Crippen LogP contribution is -2.62. The number of nitrogens with two attached hydrogens (primary N) is 1. The van der Waals surface area contributed by atoms with Crippen LogP contribution in [0.3, 0.4) is 0 Å². The maximum absolute atomic E-state index is 14.1. The number of carbonyl (C=O) groups is 8. The second-order valence-electron chi connectivity index (χ2n) is 20.4. The van der Waals surface area contributed by atoms with Gasteiger partial charge in [0.2, 0.25) is 29.5 Å². The summed E-state index contributed by atoms with van der Waals surface area (Å²) in [5.41, 5.74) is 1.61. The zero-order valence-corrected chi connectivity index (χ0v) is 43.1. The van der Waals surface area contributed by atoms with Crippen LogP contribution in [-0.2, 0) is 44.7 Å². The minimum atomic E-state index is -1.62. The van der Waals surface area contributed by atoms with E-state index in [1.165, 1.54) is 25.1 Å². The van der Waals surface area contributed by atoms with Crippen LogP contribution in [0.4, 0.5) is 9.59 Å². The monoisotopic (exact) mass is 1020 g/mol. The molecule has 8 atom stereocenters. The predicted octanol–water partition coefficient (Wildman–Crippen LogP) is 1.43. The number of hydrogen-bond donors (Lipinski definition) is 11. The summed E-state index contributed by atoms with van der Waals surface area (Å²) in [6, 6.07) is 0.526. The summed E-state index contributed by atoms with van der Waals surface area (Å²) in [7, 11) is 0. The molecule has 5 rings (SSSR count). The number of unbranched alkanes of at least 4 members (excludes halogenated alkanes) is 1. The van der Waals surface area contributed by atoms with Gasteiger partial charge in [0.1, 0.15) is 48.0 Å². The quantitative estimate of drug-likeness (QED) is 0.0257. The smallest absolute Gasteiger partial charge is 0.408 e. The lowest BCUT2D eigenvalue weighted by Gasteiger charge is -2.53. The van der Waals surface area contributed by atoms with Crippen LogP contribution in [0, 0.1) is 29.6 Å². The Balaban J connectivity index is 1.41. The Morgan fingerprint density at radius 3 is 1.82 bits per heavy atom. The van der Waals surface area contributed by atoms with Crippen molar-refractivity contribution in [2.45, 2.75) is 166 Å². The van der Waals surface area contributed by atoms with Gasteiger partial charge in [-0.25, -0.2) is 15.4 Å². The molecule has 0 heterocycles. The minimum Gasteiger partial charge on any atom is -0.446 e. The predicted molar refractivity (Wildman–Crippen MR) is 266 cm³/mol. The van der Waals surface area contributed by atoms with E-state index in [0.717, 1.165) is 37.5 Å². The van der Waals surface area contributed by atoms with Crippen molar-refractivity contribution in [1.82, 2.24) is 42.6 Å². The third-order valence-corrected chi connectivity index (χ3v) is 14.2. The number of amides is 8. The van der Waals surface area contributed by atoms with Crippen molar-refractivity contribution in [1.29, 1.82) is 0 Å². The van der Waals surface area contributed by atoms with Crippen molar-refractivity contribution in [3.8, 4) is 0 Å². The van der Waals surface area contributed by atoms with E-state index in [4.69, 9.17) is 15.3 Å². The lowest BCUT2D eigenvalue weighted by atomic mass is 9.55. The molecule has 1 aromatic carbocycles. The van der Waals surface area contributed by atoms with Crippen molar-refractivity contribution >= 4 is 59.4 Å². The van der Waals surface area contributed by atoms with Crippen LogP contribution in [0.25, 0.3) is 0 Å². The van der Waals surface area contributed by atoms with Crippen LogP contribution in [0.15, 0.2) is 30.3 Å². The summed E-state index contributed by atoms with van der Waals surface area (Å²) in [4.78, 5) is 108. The highest BCUT2D eigenvalue weighted by Gasteiger charge is 2.50. The Bertz CT molecular complexity index is 1930. The van der Waals surface area contributed by atoms with Gasteiger partial charge in [0.25, 0.3) is 5.91 Å². The van der Waals surface area contributed by atoms with E-state index < -0.39 is 108 Å². The van der Waals surface area contributed by atoms with Gasteiger partial charge >= 0.3 is 12.2 Å². The first-order valence-electron chi connectivity index (χ1n) is 24.9. The number of ether oxygens (including phenoxy) is 2. The van der Waals surface area contributed by atoms with Gasteiger partial charge < -0.3 is 56.9 Å². The average Bonchev–Trinajstić information content (AvgIpc) is 3.31. The fourth-order valence-electron chi connectivity index (χ4n) is 9.88. The molecule has 0 aliphatic heterocycles. The van der Waals surface area contributed by atoms with Crippen LogP contribution in [0.1, 0.15) is 111 Å². The first kappa shape index (κ1) is 58.4. The van der Waals surface area contributed by atoms with E-state index in [2.05, 4.69) is 37.2 Å². The molecule has 0 unspecified atom stereocenters. The molecule has 71 heavy (non-hydrogen) atoms. The highest BCUT2D eigenvalue weighted by molar-refractivity contribution is 7.98. The summed E-state index contributed by atoms with van der Waals surface area (Å²) >= 11 is 1.42. The minimum absolute atomic E-state index is 0.0546. The number of thioether (sulfide) groups is 1. The van der Waals surface area contributed by atoms with Crippen molar-refractivity contribution in [2.75, 3.05) is 25.2 Å². The normalized spacial score (nSPS) is 22.4. The average molecular weight is 1020 g/mol. The van der Waals surface area contributed by atoms with Gasteiger partial charge in [-0.2, -0.15) is 11.8 Å². The number of aliphatic hydroxyl groups is 2. The van der Waals surface area contributed by atoms with Gasteiger partial charge in [-0.15, -0.1) is 0 Å². The Labute approximate surface area is 421 Å². The van der Waals surface area contributed by atoms with Gasteiger partial charge in [-0.1, -0.05) is 50.6 Å². The molecular weight excluding hydrogens is 939 g/mol. The third kappa shape index (κ3) is 18.4. The number of carbonyl (C=O) groups excluding carboxylic acids is 8. The first-order chi connectivity index (χ1) is 33.7. The fourth-order valence-corrected chi connectivity index (χ4v) is 10.4. The maximum atomic E-state index is 14.1. The zero-order chi connectivity index (χ0) is 52.4. The zero-order valence-electron chi connectivity index (χ0n) is 42.3. The molecule has 4 bridgehead atoms. The maximum Gasteiger partial charge on any atom is 0.408 e. The largest absolute Gasteiger partial charge is 0.446 e. The van der Waals surface area contributed by atoms with Crippen molar-refractivity contribution in [3.63, 3.8) is 0 Å². The molecule has 4 saturated carbocycles. The van der Waals surface area contributed by atoms with Crippen molar-refractivity contribution in [2.24, 2.45) is 35.4 Å². The van der Waals surface area contributed by atoms with E-state index in [0.29, 0.717) is 42.4 Å². The number of aliphatic hydroxyl groups excluding tert-OH is 2. The molecule has 1 aromatic rings. The second-order valence-corrected chi connectivity index (χ2v) is 21.4. The standard InChI is InChI=1S/C49H79N9O12S/c1-8-27(2)38(45(65)54-37(26-59)44(64)53-36(25-29-14-10-9-11-15-29)43(63)57-39(28(3)60)46(66)58-50)56-42(62)35(17-19-71-7)52-41(61)34(55-48(68)70-49(4,5)6)16-12-13-18-51-47(67)69-40-32-21-30-20-31(23-32)24-33(40)22-30/h9-11,14-15,27-28,30-40,59-60H,8,12-13,16-26,50H2,1-7H3,(H,51,67)(H,52,61)(H,53,64)(H,54,65)(H,55,68)(H,56,62)(H,57,63)(H,58,66)/t27-,28+,30?,31?,32?,33?,34-,35+,36-,37-,38-,39-,40?/m0/s1. The molecule has 8 amide bonds. The Morgan fingerprint density at radius 1 is 0.704 bits per heavy atom. The summed E-state index contributed by atoms with van der Waals surface area (Å²) in [5, 5.41) is 38.9. The topological polar surface area (TPSA) is 318 Å². The van der Waals surface area contributed by atoms with Gasteiger partial charge in [0, 0.05) is 13.0 Å². The molecule has 0 spiro atoms. The first-order valence-corrected chi connectivity index (χ1v) is 26.3. The number of rotatable bonds is 27. The Kier molecular flexibility index (Phi) is 23.2. The fraction of sp³-hybridized carbons (Fsp3) is 0.714. The summed E-state index contributed by atoms with van der Waals surface area (Å²) in [5.74, 6) is 2.53. The number of nitrogens with one attached hydrogen (secondary N) is 8. The number of benzene rings is 1. The molecule has 4 fully saturated rings. The van der Waals surface area contributed by atoms with Crippen LogP contribution >= 0.6 is 11.8 Å². The van der Waals surface area contributed by atoms with Crippen molar-refractivity contribution in [3.05, 3.63) is 35.9 Å². The van der Waals surface area contributed by atoms with E-state index in [1.807, 2.05) is 11.7 Å². The third-order valence-electron chi connectivity index (χ3n) is 13.6. The Morgan fingerprint density at radius 2 is 1.25 bits per heavy atom. The highest BCUT2D eigenvalue weighted by Crippen LogP contribution is 2.54. The summed E-state index contributed by atoms with van der Waals surface area (Å²) in [6.07, 6.45) is 6.30. The van der Waals surface area contributed by atoms with E-state index in [9.17, 15) is 48.6 Å². The molecule has 4 aliphatic rings. The molecule has 12 N–H and O–H groups in total. The second kappa shape index (κ2) is 28.2. The van der Waals surface area contributed by atoms with Gasteiger partial charge in [-0.3, -0.25) is 34.2 Å². The highest BCUT2D eigenvalue weighted by atomic mass is 32.2. The molecule has 0 radical (unpaired) electrons. The van der Waals surface area contributed by atoms with E-state index >= 15 is 0 Å². The molecular formula is C49H79N9O12S. The molecule has 22 heteroatoms. The lowest BCUT2D eigenvalue weighted by molar-refractivity contribution is -0.136. The number of alkyl carbamates (subject to hydrolysis) is 2. The SMILES string of the molecule is CC[C@H](C)[C@H](NC(=O)[C@@H](CCSC)NC(=O)[C@H](CCCCNC(=O)OC1C2CC3CC(C2)CC1C3)NC(=O)OC(C)(C)C)C(=O)N[C@@H](CO)C(=O)N[C@@H](Cc1ccccc1)C(=O)N[C@H](C(=O)NN)[C@@H](C)O. The molecule has 398 valence electrons. The van der Waals surface area contributed by atoms with Crippen LogP contribution < -0.4 is 48.5 Å². The van der Waals surface area contributed by atoms with Crippen LogP contribution in [0.5, 0.6) is 0 Å². The Hall–Kier alpha value is -5.19. The number of hydrogen-bond acceptors (Lipinski definition) is 14. The molecule has 0 aromatic heterocycles. The number of hydrazine groups is 1. The van der Waals surface area contributed by atoms with E-state index in [-0.39, 0.29) is 31.9 Å². The van der Waals surface area contributed by atoms with Crippen LogP contribution in [0.2, 0.25) is 0 Å². The van der Waals surface area contributed by atoms with Crippen LogP contribution in [-0.4, -0.2) is 137 Å². The van der Waals surface area contributed by atoms with Crippen molar-refractivity contribution < 1.29 is 58.0 Å². The molecule has 21 nitrogen and oxygen atoms in total.